The first-order valence-electron chi connectivity index (χ1n) is 6.45. The van der Waals surface area contributed by atoms with Gasteiger partial charge in [-0.2, -0.15) is 0 Å². The highest BCUT2D eigenvalue weighted by Gasteiger charge is 2.11. The van der Waals surface area contributed by atoms with Crippen molar-refractivity contribution in [3.8, 4) is 11.5 Å². The Balaban J connectivity index is 2.19. The molecule has 20 heavy (non-hydrogen) atoms. The maximum Gasteiger partial charge on any atom is 0.122 e. The molecular formula is C15H19BrN2O2. The van der Waals surface area contributed by atoms with Crippen molar-refractivity contribution in [2.75, 3.05) is 14.2 Å². The van der Waals surface area contributed by atoms with Crippen LogP contribution in [0.3, 0.4) is 0 Å². The summed E-state index contributed by atoms with van der Waals surface area (Å²) >= 11 is 3.58. The van der Waals surface area contributed by atoms with E-state index in [0.29, 0.717) is 0 Å². The van der Waals surface area contributed by atoms with Gasteiger partial charge in [0.2, 0.25) is 0 Å². The minimum Gasteiger partial charge on any atom is -0.497 e. The molecule has 0 saturated heterocycles. The van der Waals surface area contributed by atoms with Crippen molar-refractivity contribution in [2.24, 2.45) is 7.05 Å². The molecule has 0 unspecified atom stereocenters. The third-order valence-corrected chi connectivity index (χ3v) is 4.42. The van der Waals surface area contributed by atoms with Crippen LogP contribution in [0.4, 0.5) is 0 Å². The van der Waals surface area contributed by atoms with Crippen LogP contribution in [0.5, 0.6) is 11.5 Å². The van der Waals surface area contributed by atoms with E-state index in [-0.39, 0.29) is 0 Å². The number of hydrogen-bond donors (Lipinski definition) is 0. The monoisotopic (exact) mass is 338 g/mol. The van der Waals surface area contributed by atoms with E-state index in [9.17, 15) is 0 Å². The molecule has 1 aromatic heterocycles. The van der Waals surface area contributed by atoms with E-state index >= 15 is 0 Å². The molecule has 1 aromatic carbocycles. The van der Waals surface area contributed by atoms with Crippen LogP contribution in [0.25, 0.3) is 0 Å². The van der Waals surface area contributed by atoms with E-state index in [1.165, 1.54) is 0 Å². The van der Waals surface area contributed by atoms with Crippen molar-refractivity contribution >= 4 is 15.9 Å². The predicted molar refractivity (Wildman–Crippen MR) is 82.6 cm³/mol. The van der Waals surface area contributed by atoms with Crippen molar-refractivity contribution in [2.45, 2.75) is 19.8 Å². The topological polar surface area (TPSA) is 36.3 Å². The first-order valence-corrected chi connectivity index (χ1v) is 7.24. The third-order valence-electron chi connectivity index (χ3n) is 3.43. The summed E-state index contributed by atoms with van der Waals surface area (Å²) in [6.45, 7) is 2.00. The van der Waals surface area contributed by atoms with Gasteiger partial charge in [-0.05, 0) is 59.5 Å². The minimum absolute atomic E-state index is 0.845. The van der Waals surface area contributed by atoms with Crippen LogP contribution in [-0.2, 0) is 19.9 Å². The molecule has 2 aromatic rings. The normalized spacial score (nSPS) is 10.7. The summed E-state index contributed by atoms with van der Waals surface area (Å²) in [5, 5.41) is 0. The van der Waals surface area contributed by atoms with Gasteiger partial charge in [0.25, 0.3) is 0 Å². The summed E-state index contributed by atoms with van der Waals surface area (Å²) < 4.78 is 13.7. The van der Waals surface area contributed by atoms with Gasteiger partial charge in [-0.15, -0.1) is 0 Å². The van der Waals surface area contributed by atoms with Crippen molar-refractivity contribution in [1.29, 1.82) is 0 Å². The van der Waals surface area contributed by atoms with E-state index in [1.54, 1.807) is 14.2 Å². The van der Waals surface area contributed by atoms with Crippen LogP contribution in [0, 0.1) is 6.92 Å². The molecule has 0 spiro atoms. The molecule has 0 amide bonds. The molecule has 1 heterocycles. The summed E-state index contributed by atoms with van der Waals surface area (Å²) in [6, 6.07) is 5.86. The minimum atomic E-state index is 0.845. The Labute approximate surface area is 127 Å². The highest BCUT2D eigenvalue weighted by Crippen LogP contribution is 2.26. The molecule has 0 fully saturated rings. The molecule has 0 radical (unpaired) electrons. The van der Waals surface area contributed by atoms with Crippen LogP contribution in [0.15, 0.2) is 22.8 Å². The highest BCUT2D eigenvalue weighted by atomic mass is 79.9. The van der Waals surface area contributed by atoms with E-state index in [1.807, 2.05) is 36.7 Å². The molecule has 0 saturated carbocycles. The fourth-order valence-electron chi connectivity index (χ4n) is 2.14. The van der Waals surface area contributed by atoms with Gasteiger partial charge in [0.1, 0.15) is 21.9 Å². The van der Waals surface area contributed by atoms with E-state index in [0.717, 1.165) is 46.0 Å². The number of nitrogens with zero attached hydrogens (tertiary/aromatic N) is 2. The van der Waals surface area contributed by atoms with E-state index in [2.05, 4.69) is 20.9 Å². The molecule has 0 bridgehead atoms. The standard InChI is InChI=1S/C15H19BrN2O2/c1-10-17-13(15(16)18(10)2)7-5-11-9-12(19-3)6-8-14(11)20-4/h6,8-9H,5,7H2,1-4H3. The maximum absolute atomic E-state index is 5.40. The van der Waals surface area contributed by atoms with Crippen LogP contribution in [-0.4, -0.2) is 23.8 Å². The average Bonchev–Trinajstić information content (AvgIpc) is 2.72. The Morgan fingerprint density at radius 3 is 2.50 bits per heavy atom. The second kappa shape index (κ2) is 6.31. The zero-order valence-electron chi connectivity index (χ0n) is 12.2. The average molecular weight is 339 g/mol. The molecular weight excluding hydrogens is 320 g/mol. The number of benzene rings is 1. The summed E-state index contributed by atoms with van der Waals surface area (Å²) in [5.41, 5.74) is 2.19. The van der Waals surface area contributed by atoms with Gasteiger partial charge >= 0.3 is 0 Å². The summed E-state index contributed by atoms with van der Waals surface area (Å²) in [4.78, 5) is 4.57. The lowest BCUT2D eigenvalue weighted by atomic mass is 10.1. The molecule has 0 aliphatic carbocycles. The van der Waals surface area contributed by atoms with Crippen LogP contribution < -0.4 is 9.47 Å². The quantitative estimate of drug-likeness (QED) is 0.839. The predicted octanol–water partition coefficient (Wildman–Crippen LogP) is 3.29. The number of aromatic nitrogens is 2. The Morgan fingerprint density at radius 2 is 1.95 bits per heavy atom. The smallest absolute Gasteiger partial charge is 0.122 e. The molecule has 0 aliphatic rings. The Hall–Kier alpha value is -1.49. The van der Waals surface area contributed by atoms with Crippen LogP contribution >= 0.6 is 15.9 Å². The zero-order valence-corrected chi connectivity index (χ0v) is 13.8. The number of hydrogen-bond acceptors (Lipinski definition) is 3. The molecule has 0 atom stereocenters. The lowest BCUT2D eigenvalue weighted by molar-refractivity contribution is 0.398. The number of methoxy groups -OCH3 is 2. The van der Waals surface area contributed by atoms with Gasteiger partial charge < -0.3 is 14.0 Å². The Bertz CT molecular complexity index is 608. The summed E-state index contributed by atoms with van der Waals surface area (Å²) in [5.74, 6) is 2.73. The number of halogens is 1. The molecule has 0 aliphatic heterocycles. The second-order valence-electron chi connectivity index (χ2n) is 4.63. The molecule has 2 rings (SSSR count). The first-order chi connectivity index (χ1) is 9.56. The number of ether oxygens (including phenoxy) is 2. The lowest BCUT2D eigenvalue weighted by Crippen LogP contribution is -1.98. The largest absolute Gasteiger partial charge is 0.497 e. The van der Waals surface area contributed by atoms with Crippen LogP contribution in [0.1, 0.15) is 17.1 Å². The van der Waals surface area contributed by atoms with Gasteiger partial charge in [-0.3, -0.25) is 0 Å². The van der Waals surface area contributed by atoms with Crippen molar-refractivity contribution in [3.63, 3.8) is 0 Å². The molecule has 0 N–H and O–H groups in total. The lowest BCUT2D eigenvalue weighted by Gasteiger charge is -2.10. The fourth-order valence-corrected chi connectivity index (χ4v) is 2.69. The van der Waals surface area contributed by atoms with Gasteiger partial charge in [0.05, 0.1) is 19.9 Å². The van der Waals surface area contributed by atoms with Gasteiger partial charge in [0, 0.05) is 7.05 Å². The van der Waals surface area contributed by atoms with Gasteiger partial charge in [0.15, 0.2) is 0 Å². The van der Waals surface area contributed by atoms with Crippen molar-refractivity contribution in [1.82, 2.24) is 9.55 Å². The van der Waals surface area contributed by atoms with Crippen molar-refractivity contribution in [3.05, 3.63) is 39.9 Å². The summed E-state index contributed by atoms with van der Waals surface area (Å²) in [7, 11) is 5.36. The molecule has 4 nitrogen and oxygen atoms in total. The fraction of sp³-hybridized carbons (Fsp3) is 0.400. The number of imidazole rings is 1. The van der Waals surface area contributed by atoms with E-state index in [4.69, 9.17) is 9.47 Å². The first kappa shape index (κ1) is 14.9. The zero-order chi connectivity index (χ0) is 14.7. The third kappa shape index (κ3) is 2.98. The second-order valence-corrected chi connectivity index (χ2v) is 5.38. The van der Waals surface area contributed by atoms with Crippen molar-refractivity contribution < 1.29 is 9.47 Å². The van der Waals surface area contributed by atoms with Gasteiger partial charge in [-0.1, -0.05) is 0 Å². The molecule has 5 heteroatoms. The highest BCUT2D eigenvalue weighted by molar-refractivity contribution is 9.10. The van der Waals surface area contributed by atoms with E-state index < -0.39 is 0 Å². The Morgan fingerprint density at radius 1 is 1.20 bits per heavy atom. The van der Waals surface area contributed by atoms with Gasteiger partial charge in [-0.25, -0.2) is 4.98 Å². The SMILES string of the molecule is COc1ccc(OC)c(CCc2nc(C)n(C)c2Br)c1. The maximum atomic E-state index is 5.40. The number of rotatable bonds is 5. The number of aryl methyl sites for hydroxylation is 3. The Kier molecular flexibility index (Phi) is 4.70. The molecule has 108 valence electrons. The summed E-state index contributed by atoms with van der Waals surface area (Å²) in [6.07, 6.45) is 1.71. The van der Waals surface area contributed by atoms with Crippen LogP contribution in [0.2, 0.25) is 0 Å².